The quantitative estimate of drug-likeness (QED) is 0.801. The Kier molecular flexibility index (Phi) is 5.59. The number of hydrogen-bond acceptors (Lipinski definition) is 3. The van der Waals surface area contributed by atoms with Crippen LogP contribution < -0.4 is 0 Å². The van der Waals surface area contributed by atoms with Crippen molar-refractivity contribution in [1.29, 1.82) is 0 Å². The molecule has 0 aromatic heterocycles. The van der Waals surface area contributed by atoms with Crippen LogP contribution in [0.25, 0.3) is 0 Å². The van der Waals surface area contributed by atoms with Crippen molar-refractivity contribution >= 4 is 16.0 Å². The predicted molar refractivity (Wildman–Crippen MR) is 69.8 cm³/mol. The topological polar surface area (TPSA) is 74.7 Å². The number of piperidine rings is 1. The highest BCUT2D eigenvalue weighted by atomic mass is 32.2. The van der Waals surface area contributed by atoms with Gasteiger partial charge in [-0.15, -0.1) is 0 Å². The summed E-state index contributed by atoms with van der Waals surface area (Å²) in [4.78, 5) is 10.6. The van der Waals surface area contributed by atoms with Gasteiger partial charge in [0.2, 0.25) is 10.0 Å². The summed E-state index contributed by atoms with van der Waals surface area (Å²) in [5.41, 5.74) is 0. The highest BCUT2D eigenvalue weighted by Gasteiger charge is 2.32. The smallest absolute Gasteiger partial charge is 0.303 e. The average Bonchev–Trinajstić information content (AvgIpc) is 2.25. The molecule has 1 aliphatic rings. The normalized spacial score (nSPS) is 22.3. The van der Waals surface area contributed by atoms with Gasteiger partial charge in [0.15, 0.2) is 0 Å². The first-order valence-corrected chi connectivity index (χ1v) is 8.15. The highest BCUT2D eigenvalue weighted by molar-refractivity contribution is 7.89. The van der Waals surface area contributed by atoms with E-state index in [4.69, 9.17) is 5.11 Å². The van der Waals surface area contributed by atoms with Crippen LogP contribution in [0.15, 0.2) is 0 Å². The molecule has 0 amide bonds. The van der Waals surface area contributed by atoms with Gasteiger partial charge in [0, 0.05) is 19.0 Å². The summed E-state index contributed by atoms with van der Waals surface area (Å²) >= 11 is 0. The highest BCUT2D eigenvalue weighted by Crippen LogP contribution is 2.25. The number of rotatable bonds is 6. The molecule has 0 aliphatic carbocycles. The number of aliphatic carboxylic acids is 1. The second kappa shape index (κ2) is 6.52. The van der Waals surface area contributed by atoms with Crippen molar-refractivity contribution in [2.75, 3.05) is 12.3 Å². The van der Waals surface area contributed by atoms with Crippen LogP contribution in [-0.4, -0.2) is 42.1 Å². The van der Waals surface area contributed by atoms with E-state index in [0.29, 0.717) is 13.0 Å². The summed E-state index contributed by atoms with van der Waals surface area (Å²) in [5, 5.41) is 8.71. The fraction of sp³-hybridized carbons (Fsp3) is 0.917. The van der Waals surface area contributed by atoms with Gasteiger partial charge >= 0.3 is 5.97 Å². The van der Waals surface area contributed by atoms with Gasteiger partial charge in [0.1, 0.15) is 0 Å². The van der Waals surface area contributed by atoms with Crippen molar-refractivity contribution in [2.45, 2.75) is 52.0 Å². The molecule has 5 nitrogen and oxygen atoms in total. The Hall–Kier alpha value is -0.620. The van der Waals surface area contributed by atoms with Gasteiger partial charge < -0.3 is 5.11 Å². The number of nitrogens with zero attached hydrogens (tertiary/aromatic N) is 1. The molecule has 106 valence electrons. The molecular weight excluding hydrogens is 254 g/mol. The molecule has 0 bridgehead atoms. The lowest BCUT2D eigenvalue weighted by atomic mass is 10.0. The first kappa shape index (κ1) is 15.4. The maximum absolute atomic E-state index is 12.2. The van der Waals surface area contributed by atoms with E-state index in [1.807, 2.05) is 13.8 Å². The molecule has 0 spiro atoms. The van der Waals surface area contributed by atoms with E-state index in [0.717, 1.165) is 19.3 Å². The summed E-state index contributed by atoms with van der Waals surface area (Å²) < 4.78 is 26.0. The summed E-state index contributed by atoms with van der Waals surface area (Å²) in [6.07, 6.45) is 3.11. The third-order valence-electron chi connectivity index (χ3n) is 3.17. The van der Waals surface area contributed by atoms with Gasteiger partial charge in [-0.25, -0.2) is 8.42 Å². The fourth-order valence-electron chi connectivity index (χ4n) is 2.44. The molecule has 1 aliphatic heterocycles. The molecule has 6 heteroatoms. The van der Waals surface area contributed by atoms with Gasteiger partial charge in [-0.2, -0.15) is 4.31 Å². The second-order valence-corrected chi connectivity index (χ2v) is 7.33. The van der Waals surface area contributed by atoms with E-state index in [2.05, 4.69) is 0 Å². The van der Waals surface area contributed by atoms with Crippen molar-refractivity contribution in [3.05, 3.63) is 0 Å². The number of sulfonamides is 1. The lowest BCUT2D eigenvalue weighted by molar-refractivity contribution is -0.137. The number of carboxylic acid groups (broad SMARTS) is 1. The molecule has 1 atom stereocenters. The van der Waals surface area contributed by atoms with Crippen LogP contribution in [-0.2, 0) is 14.8 Å². The Labute approximate surface area is 109 Å². The monoisotopic (exact) mass is 277 g/mol. The summed E-state index contributed by atoms with van der Waals surface area (Å²) in [6, 6.07) is -0.126. The zero-order valence-electron chi connectivity index (χ0n) is 11.1. The summed E-state index contributed by atoms with van der Waals surface area (Å²) in [7, 11) is -3.24. The van der Waals surface area contributed by atoms with E-state index < -0.39 is 16.0 Å². The van der Waals surface area contributed by atoms with Crippen LogP contribution in [0.1, 0.15) is 46.0 Å². The van der Waals surface area contributed by atoms with Gasteiger partial charge in [-0.3, -0.25) is 4.79 Å². The SMILES string of the molecule is CC(C)CS(=O)(=O)N1CCCCC1CCC(=O)O. The second-order valence-electron chi connectivity index (χ2n) is 5.37. The van der Waals surface area contributed by atoms with Crippen molar-refractivity contribution in [3.63, 3.8) is 0 Å². The van der Waals surface area contributed by atoms with Crippen LogP contribution in [0.5, 0.6) is 0 Å². The molecule has 1 saturated heterocycles. The zero-order chi connectivity index (χ0) is 13.8. The Balaban J connectivity index is 2.72. The molecule has 0 aromatic carbocycles. The van der Waals surface area contributed by atoms with Gasteiger partial charge in [-0.1, -0.05) is 20.3 Å². The summed E-state index contributed by atoms with van der Waals surface area (Å²) in [5.74, 6) is -0.616. The lowest BCUT2D eigenvalue weighted by Crippen LogP contribution is -2.45. The lowest BCUT2D eigenvalue weighted by Gasteiger charge is -2.35. The minimum atomic E-state index is -3.24. The van der Waals surface area contributed by atoms with Crippen LogP contribution in [0, 0.1) is 5.92 Å². The van der Waals surface area contributed by atoms with Crippen molar-refractivity contribution < 1.29 is 18.3 Å². The van der Waals surface area contributed by atoms with Crippen LogP contribution >= 0.6 is 0 Å². The van der Waals surface area contributed by atoms with E-state index in [-0.39, 0.29) is 24.1 Å². The maximum atomic E-state index is 12.2. The van der Waals surface area contributed by atoms with Crippen LogP contribution in [0.2, 0.25) is 0 Å². The molecule has 0 aromatic rings. The fourth-order valence-corrected chi connectivity index (χ4v) is 4.54. The largest absolute Gasteiger partial charge is 0.481 e. The number of carbonyl (C=O) groups is 1. The molecule has 1 fully saturated rings. The first-order chi connectivity index (χ1) is 8.33. The molecule has 0 radical (unpaired) electrons. The average molecular weight is 277 g/mol. The molecule has 1 unspecified atom stereocenters. The first-order valence-electron chi connectivity index (χ1n) is 6.54. The molecule has 1 N–H and O–H groups in total. The Morgan fingerprint density at radius 1 is 1.39 bits per heavy atom. The molecule has 1 rings (SSSR count). The third kappa shape index (κ3) is 4.57. The van der Waals surface area contributed by atoms with E-state index >= 15 is 0 Å². The third-order valence-corrected chi connectivity index (χ3v) is 5.45. The minimum absolute atomic E-state index is 0.0400. The van der Waals surface area contributed by atoms with Crippen LogP contribution in [0.3, 0.4) is 0 Å². The standard InChI is InChI=1S/C12H23NO4S/c1-10(2)9-18(16,17)13-8-4-3-5-11(13)6-7-12(14)15/h10-11H,3-9H2,1-2H3,(H,14,15). The van der Waals surface area contributed by atoms with Gasteiger partial charge in [0.05, 0.1) is 5.75 Å². The predicted octanol–water partition coefficient (Wildman–Crippen LogP) is 1.69. The number of hydrogen-bond donors (Lipinski definition) is 1. The van der Waals surface area contributed by atoms with E-state index in [1.54, 1.807) is 4.31 Å². The van der Waals surface area contributed by atoms with Crippen LogP contribution in [0.4, 0.5) is 0 Å². The molecular formula is C12H23NO4S. The van der Waals surface area contributed by atoms with Crippen molar-refractivity contribution in [3.8, 4) is 0 Å². The van der Waals surface area contributed by atoms with Crippen molar-refractivity contribution in [1.82, 2.24) is 4.31 Å². The van der Waals surface area contributed by atoms with Gasteiger partial charge in [0.25, 0.3) is 0 Å². The number of carboxylic acids is 1. The summed E-state index contributed by atoms with van der Waals surface area (Å²) in [6.45, 7) is 4.31. The van der Waals surface area contributed by atoms with Crippen molar-refractivity contribution in [2.24, 2.45) is 5.92 Å². The van der Waals surface area contributed by atoms with Gasteiger partial charge in [-0.05, 0) is 25.2 Å². The molecule has 1 heterocycles. The Bertz CT molecular complexity index is 378. The zero-order valence-corrected chi connectivity index (χ0v) is 11.9. The molecule has 18 heavy (non-hydrogen) atoms. The maximum Gasteiger partial charge on any atom is 0.303 e. The molecule has 0 saturated carbocycles. The van der Waals surface area contributed by atoms with E-state index in [1.165, 1.54) is 0 Å². The minimum Gasteiger partial charge on any atom is -0.481 e. The Morgan fingerprint density at radius 2 is 2.06 bits per heavy atom. The Morgan fingerprint density at radius 3 is 2.61 bits per heavy atom. The van der Waals surface area contributed by atoms with E-state index in [9.17, 15) is 13.2 Å².